The van der Waals surface area contributed by atoms with E-state index in [1.54, 1.807) is 0 Å². The number of esters is 1. The first kappa shape index (κ1) is 11.9. The highest BCUT2D eigenvalue weighted by molar-refractivity contribution is 7.80. The van der Waals surface area contributed by atoms with E-state index in [0.29, 0.717) is 12.1 Å². The molecule has 0 aliphatic carbocycles. The van der Waals surface area contributed by atoms with Crippen molar-refractivity contribution in [1.29, 1.82) is 0 Å². The molecule has 2 N–H and O–H groups in total. The van der Waals surface area contributed by atoms with Crippen molar-refractivity contribution in [2.45, 2.75) is 24.2 Å². The van der Waals surface area contributed by atoms with Crippen molar-refractivity contribution in [2.24, 2.45) is 0 Å². The third kappa shape index (κ3) is 3.83. The number of rotatable bonds is 4. The summed E-state index contributed by atoms with van der Waals surface area (Å²) in [5.74, 6) is -0.170. The van der Waals surface area contributed by atoms with Crippen molar-refractivity contribution in [3.05, 3.63) is 23.8 Å². The van der Waals surface area contributed by atoms with Gasteiger partial charge in [-0.25, -0.2) is 0 Å². The molecule has 0 fully saturated rings. The second-order valence-corrected chi connectivity index (χ2v) is 3.80. The first-order valence-electron chi connectivity index (χ1n) is 4.77. The molecule has 1 aromatic rings. The molecule has 0 unspecified atom stereocenters. The highest BCUT2D eigenvalue weighted by Gasteiger charge is 2.01. The first-order valence-corrected chi connectivity index (χ1v) is 5.22. The zero-order chi connectivity index (χ0) is 11.3. The fourth-order valence-corrected chi connectivity index (χ4v) is 1.52. The van der Waals surface area contributed by atoms with Gasteiger partial charge in [-0.1, -0.05) is 6.07 Å². The Balaban J connectivity index is 2.44. The molecular formula is C11H15NO2S. The fraction of sp³-hybridized carbons (Fsp3) is 0.364. The Morgan fingerprint density at radius 1 is 1.53 bits per heavy atom. The van der Waals surface area contributed by atoms with Gasteiger partial charge < -0.3 is 10.5 Å². The number of carbonyl (C=O) groups is 1. The molecule has 1 rings (SSSR count). The summed E-state index contributed by atoms with van der Waals surface area (Å²) in [6.07, 6.45) is 2.07. The Hall–Kier alpha value is -1.16. The van der Waals surface area contributed by atoms with Gasteiger partial charge in [-0.05, 0) is 30.5 Å². The zero-order valence-corrected chi connectivity index (χ0v) is 9.59. The molecule has 0 heterocycles. The van der Waals surface area contributed by atoms with Crippen molar-refractivity contribution in [3.8, 4) is 0 Å². The minimum absolute atomic E-state index is 0.170. The number of aryl methyl sites for hydroxylation is 1. The molecule has 0 saturated heterocycles. The maximum atomic E-state index is 10.9. The summed E-state index contributed by atoms with van der Waals surface area (Å²) >= 11 is 4.23. The van der Waals surface area contributed by atoms with Crippen LogP contribution in [-0.4, -0.2) is 13.1 Å². The van der Waals surface area contributed by atoms with Crippen molar-refractivity contribution in [1.82, 2.24) is 0 Å². The summed E-state index contributed by atoms with van der Waals surface area (Å²) < 4.78 is 4.56. The SMILES string of the molecule is COC(=O)CCCc1ccc(N)c(S)c1. The number of nitrogen functional groups attached to an aromatic ring is 1. The Kier molecular flexibility index (Phi) is 4.49. The van der Waals surface area contributed by atoms with Crippen LogP contribution in [0.25, 0.3) is 0 Å². The monoisotopic (exact) mass is 225 g/mol. The molecule has 0 radical (unpaired) electrons. The van der Waals surface area contributed by atoms with E-state index in [9.17, 15) is 4.79 Å². The number of hydrogen-bond donors (Lipinski definition) is 2. The molecule has 0 aromatic heterocycles. The van der Waals surface area contributed by atoms with Crippen molar-refractivity contribution in [2.75, 3.05) is 12.8 Å². The van der Waals surface area contributed by atoms with Crippen LogP contribution in [0.2, 0.25) is 0 Å². The Labute approximate surface area is 95.0 Å². The van der Waals surface area contributed by atoms with Crippen LogP contribution in [0.3, 0.4) is 0 Å². The maximum Gasteiger partial charge on any atom is 0.305 e. The predicted octanol–water partition coefficient (Wildman–Crippen LogP) is 2.05. The largest absolute Gasteiger partial charge is 0.469 e. The van der Waals surface area contributed by atoms with Crippen LogP contribution in [0.5, 0.6) is 0 Å². The van der Waals surface area contributed by atoms with E-state index in [4.69, 9.17) is 5.73 Å². The van der Waals surface area contributed by atoms with E-state index in [1.807, 2.05) is 18.2 Å². The van der Waals surface area contributed by atoms with Gasteiger partial charge in [0.2, 0.25) is 0 Å². The van der Waals surface area contributed by atoms with Crippen LogP contribution in [0.4, 0.5) is 5.69 Å². The number of carbonyl (C=O) groups excluding carboxylic acids is 1. The number of thiol groups is 1. The lowest BCUT2D eigenvalue weighted by Crippen LogP contribution is -2.00. The predicted molar refractivity (Wildman–Crippen MR) is 63.1 cm³/mol. The summed E-state index contributed by atoms with van der Waals surface area (Å²) in [4.78, 5) is 11.6. The first-order chi connectivity index (χ1) is 7.13. The molecule has 0 spiro atoms. The third-order valence-corrected chi connectivity index (χ3v) is 2.56. The molecule has 15 heavy (non-hydrogen) atoms. The average molecular weight is 225 g/mol. The fourth-order valence-electron chi connectivity index (χ4n) is 1.28. The second kappa shape index (κ2) is 5.66. The zero-order valence-electron chi connectivity index (χ0n) is 8.69. The molecule has 4 heteroatoms. The number of benzene rings is 1. The molecule has 3 nitrogen and oxygen atoms in total. The molecule has 0 atom stereocenters. The normalized spacial score (nSPS) is 10.0. The molecule has 0 aliphatic rings. The maximum absolute atomic E-state index is 10.9. The lowest BCUT2D eigenvalue weighted by molar-refractivity contribution is -0.140. The molecular weight excluding hydrogens is 210 g/mol. The van der Waals surface area contributed by atoms with Crippen molar-refractivity contribution >= 4 is 24.3 Å². The average Bonchev–Trinajstić information content (AvgIpc) is 2.23. The smallest absolute Gasteiger partial charge is 0.305 e. The van der Waals surface area contributed by atoms with Gasteiger partial charge in [0.25, 0.3) is 0 Å². The number of methoxy groups -OCH3 is 1. The van der Waals surface area contributed by atoms with Gasteiger partial charge in [-0.3, -0.25) is 4.79 Å². The van der Waals surface area contributed by atoms with Gasteiger partial charge in [-0.15, -0.1) is 12.6 Å². The van der Waals surface area contributed by atoms with Crippen LogP contribution in [0, 0.1) is 0 Å². The van der Waals surface area contributed by atoms with Crippen LogP contribution in [0.1, 0.15) is 18.4 Å². The van der Waals surface area contributed by atoms with Gasteiger partial charge in [0.15, 0.2) is 0 Å². The molecule has 82 valence electrons. The van der Waals surface area contributed by atoms with Crippen molar-refractivity contribution in [3.63, 3.8) is 0 Å². The highest BCUT2D eigenvalue weighted by atomic mass is 32.1. The van der Waals surface area contributed by atoms with Gasteiger partial charge in [0, 0.05) is 17.0 Å². The minimum Gasteiger partial charge on any atom is -0.469 e. The second-order valence-electron chi connectivity index (χ2n) is 3.32. The number of anilines is 1. The summed E-state index contributed by atoms with van der Waals surface area (Å²) in [5, 5.41) is 0. The van der Waals surface area contributed by atoms with E-state index in [2.05, 4.69) is 17.4 Å². The summed E-state index contributed by atoms with van der Waals surface area (Å²) in [7, 11) is 1.40. The summed E-state index contributed by atoms with van der Waals surface area (Å²) in [6, 6.07) is 5.71. The van der Waals surface area contributed by atoms with Gasteiger partial charge in [0.1, 0.15) is 0 Å². The standard InChI is InChI=1S/C11H15NO2S/c1-14-11(13)4-2-3-8-5-6-9(12)10(15)7-8/h5-7,15H,2-4,12H2,1H3. The Bertz CT molecular complexity index is 352. The lowest BCUT2D eigenvalue weighted by atomic mass is 10.1. The summed E-state index contributed by atoms with van der Waals surface area (Å²) in [5.41, 5.74) is 7.45. The van der Waals surface area contributed by atoms with Crippen molar-refractivity contribution < 1.29 is 9.53 Å². The quantitative estimate of drug-likeness (QED) is 0.468. The molecule has 0 aliphatic heterocycles. The van der Waals surface area contributed by atoms with Crippen LogP contribution >= 0.6 is 12.6 Å². The number of ether oxygens (including phenoxy) is 1. The molecule has 0 bridgehead atoms. The number of hydrogen-bond acceptors (Lipinski definition) is 4. The lowest BCUT2D eigenvalue weighted by Gasteiger charge is -2.04. The molecule has 1 aromatic carbocycles. The highest BCUT2D eigenvalue weighted by Crippen LogP contribution is 2.18. The van der Waals surface area contributed by atoms with Gasteiger partial charge in [-0.2, -0.15) is 0 Å². The molecule has 0 saturated carbocycles. The van der Waals surface area contributed by atoms with E-state index < -0.39 is 0 Å². The van der Waals surface area contributed by atoms with E-state index in [0.717, 1.165) is 23.3 Å². The third-order valence-electron chi connectivity index (χ3n) is 2.17. The van der Waals surface area contributed by atoms with Crippen LogP contribution in [-0.2, 0) is 16.0 Å². The van der Waals surface area contributed by atoms with E-state index in [-0.39, 0.29) is 5.97 Å². The number of nitrogens with two attached hydrogens (primary N) is 1. The topological polar surface area (TPSA) is 52.3 Å². The summed E-state index contributed by atoms with van der Waals surface area (Å²) in [6.45, 7) is 0. The molecule has 0 amide bonds. The Morgan fingerprint density at radius 2 is 2.27 bits per heavy atom. The van der Waals surface area contributed by atoms with E-state index >= 15 is 0 Å². The Morgan fingerprint density at radius 3 is 2.87 bits per heavy atom. The van der Waals surface area contributed by atoms with Crippen LogP contribution < -0.4 is 5.73 Å². The van der Waals surface area contributed by atoms with E-state index in [1.165, 1.54) is 7.11 Å². The van der Waals surface area contributed by atoms with Gasteiger partial charge in [0.05, 0.1) is 7.11 Å². The van der Waals surface area contributed by atoms with Gasteiger partial charge >= 0.3 is 5.97 Å². The van der Waals surface area contributed by atoms with Crippen LogP contribution in [0.15, 0.2) is 23.1 Å². The minimum atomic E-state index is -0.170.